The van der Waals surface area contributed by atoms with Crippen LogP contribution in [0.2, 0.25) is 0 Å². The van der Waals surface area contributed by atoms with Crippen molar-refractivity contribution >= 4 is 60.5 Å². The first kappa shape index (κ1) is 16.4. The summed E-state index contributed by atoms with van der Waals surface area (Å²) in [5.74, 6) is 0. The Kier molecular flexibility index (Phi) is 4.94. The van der Waals surface area contributed by atoms with Gasteiger partial charge in [-0.15, -0.1) is 11.3 Å². The van der Waals surface area contributed by atoms with Gasteiger partial charge in [-0.25, -0.2) is 4.98 Å². The van der Waals surface area contributed by atoms with Gasteiger partial charge < -0.3 is 10.2 Å². The number of hydrogen-bond donors (Lipinski definition) is 1. The van der Waals surface area contributed by atoms with Gasteiger partial charge >= 0.3 is 0 Å². The van der Waals surface area contributed by atoms with Crippen molar-refractivity contribution in [1.82, 2.24) is 9.88 Å². The first-order chi connectivity index (χ1) is 11.0. The van der Waals surface area contributed by atoms with Crippen LogP contribution in [0.25, 0.3) is 10.2 Å². The first-order valence-corrected chi connectivity index (χ1v) is 9.21. The number of hydrogen-bond acceptors (Lipinski definition) is 3. The fourth-order valence-electron chi connectivity index (χ4n) is 2.19. The minimum atomic E-state index is 0.111. The molecule has 0 spiro atoms. The molecule has 3 rings (SSSR count). The molecular weight excluding hydrogens is 390 g/mol. The SMILES string of the molecule is C[C@@H](c1nc2ccccc2s1)N(C)C(=S)Nc1cccc(Br)c1. The minimum absolute atomic E-state index is 0.111. The zero-order chi connectivity index (χ0) is 16.4. The Labute approximate surface area is 153 Å². The molecule has 0 saturated carbocycles. The van der Waals surface area contributed by atoms with Crippen LogP contribution in [0.1, 0.15) is 18.0 Å². The number of para-hydroxylation sites is 1. The van der Waals surface area contributed by atoms with Crippen molar-refractivity contribution in [3.8, 4) is 0 Å². The molecule has 6 heteroatoms. The van der Waals surface area contributed by atoms with Gasteiger partial charge in [0.05, 0.1) is 16.3 Å². The van der Waals surface area contributed by atoms with Crippen LogP contribution >= 0.6 is 39.5 Å². The van der Waals surface area contributed by atoms with Crippen molar-refractivity contribution in [3.63, 3.8) is 0 Å². The van der Waals surface area contributed by atoms with Crippen LogP contribution in [0.3, 0.4) is 0 Å². The van der Waals surface area contributed by atoms with Crippen LogP contribution in [0.4, 0.5) is 5.69 Å². The lowest BCUT2D eigenvalue weighted by Gasteiger charge is -2.26. The standard InChI is InChI=1S/C17H16BrN3S2/c1-11(16-20-14-8-3-4-9-15(14)23-16)21(2)17(22)19-13-7-5-6-12(18)10-13/h3-11H,1-2H3,(H,19,22)/t11-/m0/s1. The third-order valence-corrected chi connectivity index (χ3v) is 5.73. The van der Waals surface area contributed by atoms with E-state index in [-0.39, 0.29) is 6.04 Å². The summed E-state index contributed by atoms with van der Waals surface area (Å²) in [6.07, 6.45) is 0. The molecule has 0 radical (unpaired) electrons. The number of nitrogens with one attached hydrogen (secondary N) is 1. The second-order valence-corrected chi connectivity index (χ2v) is 7.61. The van der Waals surface area contributed by atoms with Gasteiger partial charge in [-0.2, -0.15) is 0 Å². The van der Waals surface area contributed by atoms with Gasteiger partial charge in [-0.1, -0.05) is 34.1 Å². The normalized spacial score (nSPS) is 12.1. The molecule has 0 aliphatic heterocycles. The van der Waals surface area contributed by atoms with E-state index in [0.29, 0.717) is 5.11 Å². The summed E-state index contributed by atoms with van der Waals surface area (Å²) < 4.78 is 2.22. The zero-order valence-electron chi connectivity index (χ0n) is 12.8. The number of anilines is 1. The summed E-state index contributed by atoms with van der Waals surface area (Å²) in [5, 5.41) is 5.01. The molecule has 0 amide bonds. The predicted octanol–water partition coefficient (Wildman–Crippen LogP) is 5.45. The highest BCUT2D eigenvalue weighted by atomic mass is 79.9. The Bertz CT molecular complexity index is 813. The van der Waals surface area contributed by atoms with Gasteiger partial charge in [0, 0.05) is 17.2 Å². The van der Waals surface area contributed by atoms with E-state index in [1.54, 1.807) is 11.3 Å². The number of benzene rings is 2. The maximum Gasteiger partial charge on any atom is 0.173 e. The molecule has 0 fully saturated rings. The van der Waals surface area contributed by atoms with E-state index in [4.69, 9.17) is 17.2 Å². The third-order valence-electron chi connectivity index (χ3n) is 3.64. The summed E-state index contributed by atoms with van der Waals surface area (Å²) in [6, 6.07) is 16.3. The third kappa shape index (κ3) is 3.71. The Hall–Kier alpha value is -1.50. The van der Waals surface area contributed by atoms with Crippen molar-refractivity contribution in [1.29, 1.82) is 0 Å². The van der Waals surface area contributed by atoms with Gasteiger partial charge in [0.2, 0.25) is 0 Å². The monoisotopic (exact) mass is 405 g/mol. The molecule has 1 heterocycles. The van der Waals surface area contributed by atoms with Crippen LogP contribution in [0.5, 0.6) is 0 Å². The van der Waals surface area contributed by atoms with E-state index in [1.165, 1.54) is 4.70 Å². The number of halogens is 1. The average molecular weight is 406 g/mol. The second kappa shape index (κ2) is 6.95. The molecule has 3 aromatic rings. The predicted molar refractivity (Wildman–Crippen MR) is 106 cm³/mol. The lowest BCUT2D eigenvalue weighted by atomic mass is 10.3. The van der Waals surface area contributed by atoms with Crippen molar-refractivity contribution < 1.29 is 0 Å². The van der Waals surface area contributed by atoms with Gasteiger partial charge in [0.25, 0.3) is 0 Å². The minimum Gasteiger partial charge on any atom is -0.343 e. The summed E-state index contributed by atoms with van der Waals surface area (Å²) >= 11 is 10.7. The van der Waals surface area contributed by atoms with Crippen LogP contribution in [0.15, 0.2) is 53.0 Å². The van der Waals surface area contributed by atoms with E-state index in [9.17, 15) is 0 Å². The topological polar surface area (TPSA) is 28.2 Å². The van der Waals surface area contributed by atoms with Gasteiger partial charge in [0.15, 0.2) is 5.11 Å². The molecule has 2 aromatic carbocycles. The van der Waals surface area contributed by atoms with Crippen molar-refractivity contribution in [3.05, 3.63) is 58.0 Å². The van der Waals surface area contributed by atoms with Crippen molar-refractivity contribution in [2.75, 3.05) is 12.4 Å². The molecule has 1 atom stereocenters. The van der Waals surface area contributed by atoms with Crippen LogP contribution in [-0.2, 0) is 0 Å². The Morgan fingerprint density at radius 2 is 2.04 bits per heavy atom. The lowest BCUT2D eigenvalue weighted by molar-refractivity contribution is 0.407. The highest BCUT2D eigenvalue weighted by Crippen LogP contribution is 2.29. The van der Waals surface area contributed by atoms with E-state index in [0.717, 1.165) is 20.7 Å². The number of thiocarbonyl (C=S) groups is 1. The molecule has 0 aliphatic rings. The molecular formula is C17H16BrN3S2. The molecule has 0 unspecified atom stereocenters. The van der Waals surface area contributed by atoms with Gasteiger partial charge in [0.1, 0.15) is 5.01 Å². The van der Waals surface area contributed by atoms with Crippen LogP contribution < -0.4 is 5.32 Å². The number of aromatic nitrogens is 1. The summed E-state index contributed by atoms with van der Waals surface area (Å²) in [7, 11) is 1.99. The van der Waals surface area contributed by atoms with Crippen LogP contribution in [0, 0.1) is 0 Å². The van der Waals surface area contributed by atoms with Gasteiger partial charge in [-0.05, 0) is 49.5 Å². The Morgan fingerprint density at radius 1 is 1.26 bits per heavy atom. The summed E-state index contributed by atoms with van der Waals surface area (Å²) in [5.41, 5.74) is 2.01. The molecule has 0 aliphatic carbocycles. The van der Waals surface area contributed by atoms with Gasteiger partial charge in [-0.3, -0.25) is 0 Å². The highest BCUT2D eigenvalue weighted by molar-refractivity contribution is 9.10. The van der Waals surface area contributed by atoms with Crippen molar-refractivity contribution in [2.45, 2.75) is 13.0 Å². The highest BCUT2D eigenvalue weighted by Gasteiger charge is 2.18. The Morgan fingerprint density at radius 3 is 2.78 bits per heavy atom. The second-order valence-electron chi connectivity index (χ2n) is 5.25. The molecule has 1 aromatic heterocycles. The fraction of sp³-hybridized carbons (Fsp3) is 0.176. The Balaban J connectivity index is 1.75. The van der Waals surface area contributed by atoms with Crippen LogP contribution in [-0.4, -0.2) is 22.0 Å². The molecule has 0 saturated heterocycles. The lowest BCUT2D eigenvalue weighted by Crippen LogP contribution is -2.33. The number of rotatable bonds is 3. The number of nitrogens with zero attached hydrogens (tertiary/aromatic N) is 2. The maximum atomic E-state index is 5.54. The number of thiazole rings is 1. The largest absolute Gasteiger partial charge is 0.343 e. The molecule has 23 heavy (non-hydrogen) atoms. The smallest absolute Gasteiger partial charge is 0.173 e. The quantitative estimate of drug-likeness (QED) is 0.586. The van der Waals surface area contributed by atoms with E-state index in [2.05, 4.69) is 34.2 Å². The van der Waals surface area contributed by atoms with E-state index in [1.807, 2.05) is 54.4 Å². The molecule has 118 valence electrons. The zero-order valence-corrected chi connectivity index (χ0v) is 16.0. The van der Waals surface area contributed by atoms with E-state index < -0.39 is 0 Å². The summed E-state index contributed by atoms with van der Waals surface area (Å²) in [6.45, 7) is 2.12. The van der Waals surface area contributed by atoms with Crippen molar-refractivity contribution in [2.24, 2.45) is 0 Å². The molecule has 0 bridgehead atoms. The maximum absolute atomic E-state index is 5.54. The van der Waals surface area contributed by atoms with E-state index >= 15 is 0 Å². The molecule has 3 nitrogen and oxygen atoms in total. The average Bonchev–Trinajstić information content (AvgIpc) is 2.97. The number of fused-ring (bicyclic) bond motifs is 1. The molecule has 1 N–H and O–H groups in total. The summed E-state index contributed by atoms with van der Waals surface area (Å²) in [4.78, 5) is 6.75. The fourth-order valence-corrected chi connectivity index (χ4v) is 3.93. The first-order valence-electron chi connectivity index (χ1n) is 7.19.